The van der Waals surface area contributed by atoms with Crippen molar-refractivity contribution < 1.29 is 19.8 Å². The highest BCUT2D eigenvalue weighted by Crippen LogP contribution is 2.46. The molecule has 0 radical (unpaired) electrons. The summed E-state index contributed by atoms with van der Waals surface area (Å²) in [5, 5.41) is 23.6. The molecule has 0 saturated carbocycles. The van der Waals surface area contributed by atoms with Crippen molar-refractivity contribution in [2.45, 2.75) is 25.5 Å². The summed E-state index contributed by atoms with van der Waals surface area (Å²) in [6.45, 7) is 2.00. The quantitative estimate of drug-likeness (QED) is 0.242. The highest BCUT2D eigenvalue weighted by Gasteiger charge is 2.52. The summed E-state index contributed by atoms with van der Waals surface area (Å²) in [4.78, 5) is 27.8. The normalized spacial score (nSPS) is 17.9. The number of hydrogen-bond donors (Lipinski definition) is 4. The Bertz CT molecular complexity index is 1310. The minimum atomic E-state index is -1.74. The van der Waals surface area contributed by atoms with Crippen LogP contribution in [0, 0.1) is 5.92 Å². The highest BCUT2D eigenvalue weighted by molar-refractivity contribution is 9.10. The Morgan fingerprint density at radius 3 is 2.64 bits per heavy atom. The molecule has 4 rings (SSSR count). The Morgan fingerprint density at radius 1 is 1.17 bits per heavy atom. The summed E-state index contributed by atoms with van der Waals surface area (Å²) in [6, 6.07) is 19.3. The third-order valence-electron chi connectivity index (χ3n) is 6.31. The Hall–Kier alpha value is -3.46. The summed E-state index contributed by atoms with van der Waals surface area (Å²) in [5.41, 5.74) is 7.55. The molecule has 0 unspecified atom stereocenters. The molecule has 2 atom stereocenters. The zero-order chi connectivity index (χ0) is 25.9. The zero-order valence-corrected chi connectivity index (χ0v) is 21.4. The van der Waals surface area contributed by atoms with Crippen LogP contribution >= 0.6 is 15.9 Å². The van der Waals surface area contributed by atoms with E-state index < -0.39 is 17.4 Å². The zero-order valence-electron chi connectivity index (χ0n) is 19.8. The lowest BCUT2D eigenvalue weighted by Crippen LogP contribution is -2.44. The molecule has 0 fully saturated rings. The second-order valence-electron chi connectivity index (χ2n) is 8.82. The number of halogens is 1. The van der Waals surface area contributed by atoms with Gasteiger partial charge in [0.1, 0.15) is 0 Å². The fourth-order valence-electron chi connectivity index (χ4n) is 4.36. The molecule has 1 aliphatic rings. The average Bonchev–Trinajstić information content (AvgIpc) is 3.07. The van der Waals surface area contributed by atoms with E-state index in [2.05, 4.69) is 21.2 Å². The summed E-state index contributed by atoms with van der Waals surface area (Å²) < 4.78 is 0.758. The maximum atomic E-state index is 13.6. The van der Waals surface area contributed by atoms with Gasteiger partial charge in [0.05, 0.1) is 12.2 Å². The van der Waals surface area contributed by atoms with Crippen LogP contribution in [0.2, 0.25) is 0 Å². The largest absolute Gasteiger partial charge is 0.399 e. The molecule has 3 aromatic rings. The van der Waals surface area contributed by atoms with Gasteiger partial charge in [-0.2, -0.15) is 0 Å². The van der Waals surface area contributed by atoms with Crippen molar-refractivity contribution in [3.63, 3.8) is 0 Å². The lowest BCUT2D eigenvalue weighted by atomic mass is 9.83. The van der Waals surface area contributed by atoms with E-state index in [0.29, 0.717) is 34.6 Å². The number of hydrogen-bond acceptors (Lipinski definition) is 5. The number of aliphatic hydroxyl groups excluding tert-OH is 1. The molecule has 3 aromatic carbocycles. The van der Waals surface area contributed by atoms with Crippen LogP contribution < -0.4 is 16.0 Å². The number of fused-ring (bicyclic) bond motifs is 1. The second kappa shape index (κ2) is 10.7. The van der Waals surface area contributed by atoms with Crippen molar-refractivity contribution in [2.75, 3.05) is 22.6 Å². The molecule has 36 heavy (non-hydrogen) atoms. The van der Waals surface area contributed by atoms with E-state index in [-0.39, 0.29) is 19.1 Å². The van der Waals surface area contributed by atoms with Gasteiger partial charge in [0.25, 0.3) is 11.8 Å². The topological polar surface area (TPSA) is 116 Å². The molecular weight excluding hydrogens is 522 g/mol. The van der Waals surface area contributed by atoms with Crippen molar-refractivity contribution in [3.05, 3.63) is 100 Å². The van der Waals surface area contributed by atoms with Crippen LogP contribution in [0.25, 0.3) is 0 Å². The Labute approximate surface area is 218 Å². The molecule has 8 heteroatoms. The van der Waals surface area contributed by atoms with E-state index in [1.54, 1.807) is 60.4 Å². The van der Waals surface area contributed by atoms with Crippen molar-refractivity contribution >= 4 is 44.8 Å². The van der Waals surface area contributed by atoms with Gasteiger partial charge in [0.2, 0.25) is 0 Å². The Balaban J connectivity index is 1.59. The van der Waals surface area contributed by atoms with Crippen LogP contribution in [-0.2, 0) is 16.9 Å². The molecule has 0 aromatic heterocycles. The first kappa shape index (κ1) is 25.6. The van der Waals surface area contributed by atoms with Gasteiger partial charge >= 0.3 is 0 Å². The molecule has 0 aliphatic carbocycles. The first-order chi connectivity index (χ1) is 17.2. The molecule has 0 bridgehead atoms. The first-order valence-corrected chi connectivity index (χ1v) is 12.4. The molecule has 1 heterocycles. The monoisotopic (exact) mass is 549 g/mol. The smallest absolute Gasteiger partial charge is 0.264 e. The number of nitrogens with two attached hydrogens (primary N) is 1. The molecule has 2 amide bonds. The summed E-state index contributed by atoms with van der Waals surface area (Å²) in [5.74, 6) is -1.20. The van der Waals surface area contributed by atoms with Gasteiger partial charge < -0.3 is 26.2 Å². The molecule has 0 saturated heterocycles. The van der Waals surface area contributed by atoms with Crippen LogP contribution in [-0.4, -0.2) is 28.6 Å². The fourth-order valence-corrected chi connectivity index (χ4v) is 4.72. The van der Waals surface area contributed by atoms with E-state index in [1.807, 2.05) is 30.3 Å². The lowest BCUT2D eigenvalue weighted by molar-refractivity contribution is -0.139. The van der Waals surface area contributed by atoms with Crippen LogP contribution in [0.5, 0.6) is 0 Å². The van der Waals surface area contributed by atoms with Gasteiger partial charge in [-0.25, -0.2) is 0 Å². The van der Waals surface area contributed by atoms with Gasteiger partial charge in [0.15, 0.2) is 5.60 Å². The van der Waals surface area contributed by atoms with Gasteiger partial charge in [-0.1, -0.05) is 47.1 Å². The minimum absolute atomic E-state index is 0.00490. The van der Waals surface area contributed by atoms with Gasteiger partial charge in [-0.15, -0.1) is 0 Å². The summed E-state index contributed by atoms with van der Waals surface area (Å²) in [7, 11) is 0. The molecule has 186 valence electrons. The van der Waals surface area contributed by atoms with Crippen LogP contribution in [0.3, 0.4) is 0 Å². The van der Waals surface area contributed by atoms with E-state index in [9.17, 15) is 14.7 Å². The van der Waals surface area contributed by atoms with E-state index in [1.165, 1.54) is 0 Å². The molecule has 0 spiro atoms. The van der Waals surface area contributed by atoms with Crippen molar-refractivity contribution in [2.24, 2.45) is 5.92 Å². The summed E-state index contributed by atoms with van der Waals surface area (Å²) in [6.07, 6.45) is 3.97. The first-order valence-electron chi connectivity index (χ1n) is 11.6. The van der Waals surface area contributed by atoms with E-state index >= 15 is 0 Å². The number of aliphatic hydroxyl groups is 2. The van der Waals surface area contributed by atoms with Crippen molar-refractivity contribution in [1.29, 1.82) is 0 Å². The number of nitrogens with one attached hydrogen (secondary N) is 1. The van der Waals surface area contributed by atoms with Gasteiger partial charge in [0, 0.05) is 39.5 Å². The third-order valence-corrected chi connectivity index (χ3v) is 6.80. The number of nitrogens with zero attached hydrogens (tertiary/aromatic N) is 1. The number of benzene rings is 3. The fraction of sp³-hybridized carbons (Fsp3) is 0.214. The third kappa shape index (κ3) is 5.06. The number of carbonyl (C=O) groups is 2. The van der Waals surface area contributed by atoms with Gasteiger partial charge in [-0.05, 0) is 66.6 Å². The van der Waals surface area contributed by atoms with Crippen molar-refractivity contribution in [3.8, 4) is 0 Å². The van der Waals surface area contributed by atoms with Gasteiger partial charge in [-0.3, -0.25) is 9.59 Å². The highest BCUT2D eigenvalue weighted by atomic mass is 79.9. The van der Waals surface area contributed by atoms with Crippen LogP contribution in [0.4, 0.5) is 17.1 Å². The van der Waals surface area contributed by atoms with Crippen molar-refractivity contribution in [1.82, 2.24) is 0 Å². The standard InChI is InChI=1S/C28H28BrN3O4/c1-18(5-2-3-14-33)28(36)24-16-21(29)10-13-25(24)32(27(28)35)17-19-6-4-7-23(15-19)31-26(34)20-8-11-22(30)12-9-20/h2,4-13,15-16,18,33,36H,3,14,17,30H2,1H3,(H,31,34)/b5-2+/t18-,28+/m0/s1. The lowest BCUT2D eigenvalue weighted by Gasteiger charge is -2.27. The number of amides is 2. The SMILES string of the molecule is C[C@@H](/C=C/CCO)[C@]1(O)C(=O)N(Cc2cccc(NC(=O)c3ccc(N)cc3)c2)c2ccc(Br)cc21. The molecule has 5 N–H and O–H groups in total. The van der Waals surface area contributed by atoms with E-state index in [0.717, 1.165) is 10.0 Å². The number of anilines is 3. The minimum Gasteiger partial charge on any atom is -0.399 e. The number of rotatable bonds is 8. The summed E-state index contributed by atoms with van der Waals surface area (Å²) >= 11 is 3.45. The van der Waals surface area contributed by atoms with Crippen LogP contribution in [0.1, 0.15) is 34.8 Å². The predicted molar refractivity (Wildman–Crippen MR) is 144 cm³/mol. The Morgan fingerprint density at radius 2 is 1.92 bits per heavy atom. The maximum Gasteiger partial charge on any atom is 0.264 e. The average molecular weight is 550 g/mol. The second-order valence-corrected chi connectivity index (χ2v) is 9.74. The number of carbonyl (C=O) groups excluding carboxylic acids is 2. The van der Waals surface area contributed by atoms with Crippen LogP contribution in [0.15, 0.2) is 83.4 Å². The number of nitrogen functional groups attached to an aromatic ring is 1. The molecule has 1 aliphatic heterocycles. The predicted octanol–water partition coefficient (Wildman–Crippen LogP) is 4.59. The van der Waals surface area contributed by atoms with E-state index in [4.69, 9.17) is 10.8 Å². The Kier molecular flexibility index (Phi) is 7.59. The maximum absolute atomic E-state index is 13.6. The molecular formula is C28H28BrN3O4. The molecule has 7 nitrogen and oxygen atoms in total.